The minimum atomic E-state index is -0.0928. The summed E-state index contributed by atoms with van der Waals surface area (Å²) in [5.41, 5.74) is 9.75. The molecule has 41 heavy (non-hydrogen) atoms. The molecule has 0 bridgehead atoms. The van der Waals surface area contributed by atoms with Crippen molar-refractivity contribution in [2.45, 2.75) is 45.4 Å². The third-order valence-electron chi connectivity index (χ3n) is 9.19. The number of para-hydroxylation sites is 1. The summed E-state index contributed by atoms with van der Waals surface area (Å²) < 4.78 is 2.26. The van der Waals surface area contributed by atoms with E-state index in [-0.39, 0.29) is 5.41 Å². The van der Waals surface area contributed by atoms with Crippen molar-refractivity contribution in [2.24, 2.45) is 5.92 Å². The largest absolute Gasteiger partial charge is 0.278 e. The molecule has 4 aromatic carbocycles. The molecule has 2 heterocycles. The number of rotatable bonds is 3. The van der Waals surface area contributed by atoms with Crippen LogP contribution in [0.1, 0.15) is 57.0 Å². The van der Waals surface area contributed by atoms with Crippen LogP contribution < -0.4 is 0 Å². The molecule has 200 valence electrons. The summed E-state index contributed by atoms with van der Waals surface area (Å²) in [7, 11) is 0. The third kappa shape index (κ3) is 3.70. The first-order chi connectivity index (χ1) is 20.0. The maximum atomic E-state index is 5.19. The van der Waals surface area contributed by atoms with Crippen LogP contribution >= 0.6 is 0 Å². The topological polar surface area (TPSA) is 43.6 Å². The zero-order valence-electron chi connectivity index (χ0n) is 23.7. The quantitative estimate of drug-likeness (QED) is 0.228. The van der Waals surface area contributed by atoms with Crippen molar-refractivity contribution in [1.29, 1.82) is 0 Å². The van der Waals surface area contributed by atoms with Gasteiger partial charge in [-0.15, -0.1) is 0 Å². The average molecular weight is 533 g/mol. The average Bonchev–Trinajstić information content (AvgIpc) is 3.45. The second-order valence-corrected chi connectivity index (χ2v) is 12.2. The standard InChI is InChI=1S/C37H32N4/c1-23-17-19-25(20-18-23)35-38-34(24-11-5-4-6-12-24)39-36(40-35)41-32-16-10-8-14-27(32)29-21-28-26-13-7-9-15-30(26)37(2,3)31(28)22-33(29)41/h4-16,19,21-23H,17-18,20H2,1-3H3. The summed E-state index contributed by atoms with van der Waals surface area (Å²) in [5.74, 6) is 2.87. The minimum absolute atomic E-state index is 0.0928. The molecule has 2 aliphatic carbocycles. The molecule has 0 radical (unpaired) electrons. The fourth-order valence-electron chi connectivity index (χ4n) is 6.87. The van der Waals surface area contributed by atoms with E-state index in [9.17, 15) is 0 Å². The van der Waals surface area contributed by atoms with E-state index in [4.69, 9.17) is 15.0 Å². The van der Waals surface area contributed by atoms with Crippen molar-refractivity contribution in [3.63, 3.8) is 0 Å². The SMILES string of the molecule is CC1CC=C(c2nc(-c3ccccc3)nc(-n3c4ccccc4c4cc5c(cc43)C(C)(C)c3ccccc3-5)n2)CC1. The van der Waals surface area contributed by atoms with E-state index in [0.717, 1.165) is 41.7 Å². The van der Waals surface area contributed by atoms with Gasteiger partial charge in [0.25, 0.3) is 0 Å². The number of allylic oxidation sites excluding steroid dienone is 2. The Morgan fingerprint density at radius 3 is 2.29 bits per heavy atom. The minimum Gasteiger partial charge on any atom is -0.278 e. The summed E-state index contributed by atoms with van der Waals surface area (Å²) in [6, 6.07) is 32.5. The number of fused-ring (bicyclic) bond motifs is 6. The Kier molecular flexibility index (Phi) is 5.30. The molecule has 6 aromatic rings. The Hall–Kier alpha value is -4.57. The second-order valence-electron chi connectivity index (χ2n) is 12.2. The van der Waals surface area contributed by atoms with Crippen molar-refractivity contribution in [3.05, 3.63) is 114 Å². The predicted octanol–water partition coefficient (Wildman–Crippen LogP) is 9.15. The molecule has 4 nitrogen and oxygen atoms in total. The molecular formula is C37H32N4. The highest BCUT2D eigenvalue weighted by atomic mass is 15.2. The highest BCUT2D eigenvalue weighted by molar-refractivity contribution is 6.11. The molecule has 1 unspecified atom stereocenters. The van der Waals surface area contributed by atoms with E-state index in [1.54, 1.807) is 0 Å². The van der Waals surface area contributed by atoms with Crippen molar-refractivity contribution >= 4 is 27.4 Å². The van der Waals surface area contributed by atoms with Crippen LogP contribution in [0.3, 0.4) is 0 Å². The van der Waals surface area contributed by atoms with E-state index >= 15 is 0 Å². The van der Waals surface area contributed by atoms with E-state index in [1.165, 1.54) is 38.6 Å². The Balaban J connectivity index is 1.43. The van der Waals surface area contributed by atoms with Gasteiger partial charge in [-0.1, -0.05) is 99.6 Å². The lowest BCUT2D eigenvalue weighted by Gasteiger charge is -2.21. The molecule has 4 heteroatoms. The molecule has 0 spiro atoms. The highest BCUT2D eigenvalue weighted by Gasteiger charge is 2.36. The zero-order chi connectivity index (χ0) is 27.7. The smallest absolute Gasteiger partial charge is 0.238 e. The number of benzene rings is 4. The molecule has 1 atom stereocenters. The van der Waals surface area contributed by atoms with Gasteiger partial charge in [-0.3, -0.25) is 4.57 Å². The van der Waals surface area contributed by atoms with Gasteiger partial charge in [0.2, 0.25) is 5.95 Å². The molecular weight excluding hydrogens is 500 g/mol. The molecule has 0 fully saturated rings. The summed E-state index contributed by atoms with van der Waals surface area (Å²) in [6.45, 7) is 6.99. The van der Waals surface area contributed by atoms with Gasteiger partial charge in [-0.25, -0.2) is 4.98 Å². The van der Waals surface area contributed by atoms with Crippen molar-refractivity contribution < 1.29 is 0 Å². The van der Waals surface area contributed by atoms with Gasteiger partial charge in [0.15, 0.2) is 11.6 Å². The normalized spacial score (nSPS) is 17.4. The van der Waals surface area contributed by atoms with Crippen molar-refractivity contribution in [1.82, 2.24) is 19.5 Å². The van der Waals surface area contributed by atoms with E-state index in [0.29, 0.717) is 17.7 Å². The Morgan fingerprint density at radius 1 is 0.707 bits per heavy atom. The third-order valence-corrected chi connectivity index (χ3v) is 9.19. The van der Waals surface area contributed by atoms with Gasteiger partial charge in [0, 0.05) is 21.8 Å². The van der Waals surface area contributed by atoms with Crippen molar-refractivity contribution in [2.75, 3.05) is 0 Å². The first kappa shape index (κ1) is 24.2. The van der Waals surface area contributed by atoms with Gasteiger partial charge >= 0.3 is 0 Å². The molecule has 0 aliphatic heterocycles. The van der Waals surface area contributed by atoms with E-state index in [2.05, 4.69) is 104 Å². The molecule has 0 saturated heterocycles. The zero-order valence-corrected chi connectivity index (χ0v) is 23.7. The molecule has 0 amide bonds. The van der Waals surface area contributed by atoms with Crippen LogP contribution in [0, 0.1) is 5.92 Å². The molecule has 0 saturated carbocycles. The maximum Gasteiger partial charge on any atom is 0.238 e. The molecule has 0 N–H and O–H groups in total. The van der Waals surface area contributed by atoms with Crippen LogP contribution in [0.4, 0.5) is 0 Å². The Labute approximate surface area is 240 Å². The van der Waals surface area contributed by atoms with Gasteiger partial charge < -0.3 is 0 Å². The number of hydrogen-bond acceptors (Lipinski definition) is 3. The lowest BCUT2D eigenvalue weighted by atomic mass is 9.82. The van der Waals surface area contributed by atoms with Crippen LogP contribution in [0.15, 0.2) is 97.1 Å². The van der Waals surface area contributed by atoms with Crippen LogP contribution in [0.5, 0.6) is 0 Å². The lowest BCUT2D eigenvalue weighted by Crippen LogP contribution is -2.15. The predicted molar refractivity (Wildman–Crippen MR) is 168 cm³/mol. The number of aromatic nitrogens is 4. The highest BCUT2D eigenvalue weighted by Crippen LogP contribution is 2.50. The van der Waals surface area contributed by atoms with Crippen LogP contribution in [-0.2, 0) is 5.41 Å². The fourth-order valence-corrected chi connectivity index (χ4v) is 6.87. The Morgan fingerprint density at radius 2 is 1.46 bits per heavy atom. The molecule has 2 aromatic heterocycles. The maximum absolute atomic E-state index is 5.19. The number of nitrogens with zero attached hydrogens (tertiary/aromatic N) is 4. The monoisotopic (exact) mass is 532 g/mol. The van der Waals surface area contributed by atoms with Gasteiger partial charge in [-0.2, -0.15) is 9.97 Å². The van der Waals surface area contributed by atoms with Crippen LogP contribution in [0.25, 0.3) is 55.8 Å². The summed E-state index contributed by atoms with van der Waals surface area (Å²) in [4.78, 5) is 15.4. The summed E-state index contributed by atoms with van der Waals surface area (Å²) >= 11 is 0. The molecule has 2 aliphatic rings. The van der Waals surface area contributed by atoms with E-state index in [1.807, 2.05) is 18.2 Å². The van der Waals surface area contributed by atoms with Crippen LogP contribution in [-0.4, -0.2) is 19.5 Å². The fraction of sp³-hybridized carbons (Fsp3) is 0.216. The first-order valence-corrected chi connectivity index (χ1v) is 14.7. The van der Waals surface area contributed by atoms with Gasteiger partial charge in [0.1, 0.15) is 0 Å². The second kappa shape index (κ2) is 8.97. The lowest BCUT2D eigenvalue weighted by molar-refractivity contribution is 0.532. The van der Waals surface area contributed by atoms with Gasteiger partial charge in [0.05, 0.1) is 11.0 Å². The molecule has 8 rings (SSSR count). The van der Waals surface area contributed by atoms with Gasteiger partial charge in [-0.05, 0) is 71.2 Å². The first-order valence-electron chi connectivity index (χ1n) is 14.7. The number of hydrogen-bond donors (Lipinski definition) is 0. The van der Waals surface area contributed by atoms with E-state index < -0.39 is 0 Å². The summed E-state index contributed by atoms with van der Waals surface area (Å²) in [5, 5.41) is 2.43. The summed E-state index contributed by atoms with van der Waals surface area (Å²) in [6.07, 6.45) is 5.55. The van der Waals surface area contributed by atoms with Crippen LogP contribution in [0.2, 0.25) is 0 Å². The van der Waals surface area contributed by atoms with Crippen molar-refractivity contribution in [3.8, 4) is 28.5 Å². The Bertz CT molecular complexity index is 2010.